The number of ether oxygens (including phenoxy) is 1. The van der Waals surface area contributed by atoms with E-state index in [2.05, 4.69) is 0 Å². The van der Waals surface area contributed by atoms with Gasteiger partial charge in [-0.25, -0.2) is 0 Å². The van der Waals surface area contributed by atoms with Gasteiger partial charge in [0.1, 0.15) is 18.7 Å². The van der Waals surface area contributed by atoms with Gasteiger partial charge in [0.2, 0.25) is 0 Å². The number of nitro benzene ring substituents is 1. The molecule has 0 unspecified atom stereocenters. The number of rotatable bonds is 4. The third-order valence-electron chi connectivity index (χ3n) is 2.77. The van der Waals surface area contributed by atoms with Crippen LogP contribution in [0.5, 0.6) is 5.75 Å². The highest BCUT2D eigenvalue weighted by Crippen LogP contribution is 2.30. The van der Waals surface area contributed by atoms with Crippen LogP contribution in [0, 0.1) is 32.8 Å². The third-order valence-corrected chi connectivity index (χ3v) is 2.77. The summed E-state index contributed by atoms with van der Waals surface area (Å²) in [5.41, 5.74) is 0.513. The Hall–Kier alpha value is -3.38. The van der Waals surface area contributed by atoms with E-state index in [0.29, 0.717) is 0 Å². The van der Waals surface area contributed by atoms with Crippen molar-refractivity contribution in [1.82, 2.24) is 0 Å². The smallest absolute Gasteiger partial charge is 0.312 e. The highest BCUT2D eigenvalue weighted by molar-refractivity contribution is 5.59. The zero-order valence-electron chi connectivity index (χ0n) is 10.8. The van der Waals surface area contributed by atoms with Crippen molar-refractivity contribution in [3.05, 3.63) is 69.3 Å². The van der Waals surface area contributed by atoms with Crippen molar-refractivity contribution in [2.75, 3.05) is 0 Å². The molecule has 0 radical (unpaired) electrons. The van der Waals surface area contributed by atoms with Gasteiger partial charge in [-0.15, -0.1) is 0 Å². The number of benzene rings is 2. The lowest BCUT2D eigenvalue weighted by atomic mass is 10.1. The van der Waals surface area contributed by atoms with Gasteiger partial charge in [-0.3, -0.25) is 10.1 Å². The molecule has 21 heavy (non-hydrogen) atoms. The van der Waals surface area contributed by atoms with Crippen molar-refractivity contribution in [1.29, 1.82) is 10.5 Å². The summed E-state index contributed by atoms with van der Waals surface area (Å²) < 4.78 is 5.42. The first kappa shape index (κ1) is 14.0. The van der Waals surface area contributed by atoms with Gasteiger partial charge in [-0.2, -0.15) is 10.5 Å². The van der Waals surface area contributed by atoms with Crippen molar-refractivity contribution >= 4 is 5.69 Å². The van der Waals surface area contributed by atoms with Crippen LogP contribution in [0.25, 0.3) is 0 Å². The highest BCUT2D eigenvalue weighted by atomic mass is 16.6. The van der Waals surface area contributed by atoms with Gasteiger partial charge in [0.25, 0.3) is 0 Å². The number of nitrogens with zero attached hydrogens (tertiary/aromatic N) is 3. The second-order valence-electron chi connectivity index (χ2n) is 4.12. The molecule has 0 bridgehead atoms. The predicted molar refractivity (Wildman–Crippen MR) is 73.3 cm³/mol. The Morgan fingerprint density at radius 1 is 1.10 bits per heavy atom. The summed E-state index contributed by atoms with van der Waals surface area (Å²) in [5, 5.41) is 28.9. The minimum Gasteiger partial charge on any atom is -0.482 e. The number of hydrogen-bond donors (Lipinski definition) is 0. The molecule has 0 amide bonds. The first-order valence-electron chi connectivity index (χ1n) is 5.95. The maximum absolute atomic E-state index is 11.0. The van der Waals surface area contributed by atoms with Crippen molar-refractivity contribution in [3.63, 3.8) is 0 Å². The van der Waals surface area contributed by atoms with Gasteiger partial charge in [-0.05, 0) is 5.56 Å². The van der Waals surface area contributed by atoms with Gasteiger partial charge in [0.15, 0.2) is 5.75 Å². The van der Waals surface area contributed by atoms with Gasteiger partial charge in [0.05, 0.1) is 16.1 Å². The molecule has 0 aromatic heterocycles. The molecule has 0 heterocycles. The standard InChI is InChI=1S/C15H9N3O3/c16-8-12-6-14(18(19)20)15(7-13(12)9-17)21-10-11-4-2-1-3-5-11/h1-7H,10H2. The van der Waals surface area contributed by atoms with Gasteiger partial charge < -0.3 is 4.74 Å². The largest absolute Gasteiger partial charge is 0.482 e. The molecule has 102 valence electrons. The fourth-order valence-corrected chi connectivity index (χ4v) is 1.75. The van der Waals surface area contributed by atoms with Crippen LogP contribution in [0.2, 0.25) is 0 Å². The van der Waals surface area contributed by atoms with E-state index in [4.69, 9.17) is 15.3 Å². The molecule has 0 atom stereocenters. The minimum absolute atomic E-state index is 0.0283. The second-order valence-corrected chi connectivity index (χ2v) is 4.12. The van der Waals surface area contributed by atoms with Crippen molar-refractivity contribution < 1.29 is 9.66 Å². The SMILES string of the molecule is N#Cc1cc(OCc2ccccc2)c([N+](=O)[O-])cc1C#N. The molecule has 6 nitrogen and oxygen atoms in total. The Bertz CT molecular complexity index is 758. The van der Waals surface area contributed by atoms with E-state index < -0.39 is 4.92 Å². The number of nitro groups is 1. The lowest BCUT2D eigenvalue weighted by Gasteiger charge is -2.08. The van der Waals surface area contributed by atoms with E-state index in [1.165, 1.54) is 6.07 Å². The van der Waals surface area contributed by atoms with Gasteiger partial charge in [0, 0.05) is 12.1 Å². The van der Waals surface area contributed by atoms with E-state index >= 15 is 0 Å². The van der Waals surface area contributed by atoms with Crippen molar-refractivity contribution in [2.45, 2.75) is 6.61 Å². The zero-order valence-corrected chi connectivity index (χ0v) is 10.8. The lowest BCUT2D eigenvalue weighted by molar-refractivity contribution is -0.386. The van der Waals surface area contributed by atoms with Crippen molar-refractivity contribution in [3.8, 4) is 17.9 Å². The first-order valence-corrected chi connectivity index (χ1v) is 5.95. The summed E-state index contributed by atoms with van der Waals surface area (Å²) in [6, 6.07) is 15.0. The monoisotopic (exact) mass is 279 g/mol. The predicted octanol–water partition coefficient (Wildman–Crippen LogP) is 2.92. The van der Waals surface area contributed by atoms with E-state index in [1.807, 2.05) is 36.4 Å². The summed E-state index contributed by atoms with van der Waals surface area (Å²) in [5.74, 6) is -0.0283. The summed E-state index contributed by atoms with van der Waals surface area (Å²) >= 11 is 0. The Balaban J connectivity index is 2.36. The average Bonchev–Trinajstić information content (AvgIpc) is 2.52. The topological polar surface area (TPSA) is 99.9 Å². The van der Waals surface area contributed by atoms with Crippen LogP contribution < -0.4 is 4.74 Å². The van der Waals surface area contributed by atoms with Crippen LogP contribution >= 0.6 is 0 Å². The molecule has 2 aromatic rings. The van der Waals surface area contributed by atoms with Crippen LogP contribution in [0.3, 0.4) is 0 Å². The maximum atomic E-state index is 11.0. The molecule has 2 aromatic carbocycles. The lowest BCUT2D eigenvalue weighted by Crippen LogP contribution is -2.01. The molecule has 0 fully saturated rings. The van der Waals surface area contributed by atoms with Gasteiger partial charge >= 0.3 is 5.69 Å². The molecule has 0 spiro atoms. The Morgan fingerprint density at radius 3 is 2.29 bits per heavy atom. The summed E-state index contributed by atoms with van der Waals surface area (Å²) in [4.78, 5) is 10.4. The van der Waals surface area contributed by atoms with Gasteiger partial charge in [-0.1, -0.05) is 30.3 Å². The summed E-state index contributed by atoms with van der Waals surface area (Å²) in [6.45, 7) is 0.137. The van der Waals surface area contributed by atoms with Crippen LogP contribution in [0.1, 0.15) is 16.7 Å². The molecule has 0 saturated carbocycles. The van der Waals surface area contributed by atoms with Crippen LogP contribution in [0.4, 0.5) is 5.69 Å². The molecule has 0 aliphatic rings. The number of hydrogen-bond acceptors (Lipinski definition) is 5. The molecule has 0 aliphatic heterocycles. The highest BCUT2D eigenvalue weighted by Gasteiger charge is 2.19. The first-order chi connectivity index (χ1) is 10.2. The third kappa shape index (κ3) is 3.14. The summed E-state index contributed by atoms with van der Waals surface area (Å²) in [6.07, 6.45) is 0. The quantitative estimate of drug-likeness (QED) is 0.632. The van der Waals surface area contributed by atoms with E-state index in [0.717, 1.165) is 11.6 Å². The zero-order chi connectivity index (χ0) is 15.2. The van der Waals surface area contributed by atoms with E-state index in [9.17, 15) is 10.1 Å². The Morgan fingerprint density at radius 2 is 1.71 bits per heavy atom. The van der Waals surface area contributed by atoms with E-state index in [1.54, 1.807) is 6.07 Å². The molecule has 0 saturated heterocycles. The fourth-order valence-electron chi connectivity index (χ4n) is 1.75. The normalized spacial score (nSPS) is 9.43. The van der Waals surface area contributed by atoms with Crippen LogP contribution in [-0.2, 0) is 6.61 Å². The molecular weight excluding hydrogens is 270 g/mol. The molecule has 6 heteroatoms. The van der Waals surface area contributed by atoms with Crippen LogP contribution in [0.15, 0.2) is 42.5 Å². The maximum Gasteiger partial charge on any atom is 0.312 e. The number of nitriles is 2. The van der Waals surface area contributed by atoms with Crippen LogP contribution in [-0.4, -0.2) is 4.92 Å². The fraction of sp³-hybridized carbons (Fsp3) is 0.0667. The minimum atomic E-state index is -0.637. The Labute approximate surface area is 120 Å². The second kappa shape index (κ2) is 6.18. The summed E-state index contributed by atoms with van der Waals surface area (Å²) in [7, 11) is 0. The van der Waals surface area contributed by atoms with E-state index in [-0.39, 0.29) is 29.2 Å². The van der Waals surface area contributed by atoms with Crippen molar-refractivity contribution in [2.24, 2.45) is 0 Å². The molecule has 2 rings (SSSR count). The Kier molecular flexibility index (Phi) is 4.13. The molecule has 0 aliphatic carbocycles. The molecule has 0 N–H and O–H groups in total. The molecular formula is C15H9N3O3. The average molecular weight is 279 g/mol.